The van der Waals surface area contributed by atoms with Gasteiger partial charge in [-0.25, -0.2) is 5.43 Å². The molecule has 0 bridgehead atoms. The second-order valence-electron chi connectivity index (χ2n) is 5.33. The highest BCUT2D eigenvalue weighted by atomic mass is 16.2. The third-order valence-electron chi connectivity index (χ3n) is 3.87. The number of hydrogen-bond donors (Lipinski definition) is 1. The zero-order valence-corrected chi connectivity index (χ0v) is 12.1. The van der Waals surface area contributed by atoms with Crippen LogP contribution < -0.4 is 5.43 Å². The number of hydrazone groups is 1. The van der Waals surface area contributed by atoms with Crippen LogP contribution in [-0.4, -0.2) is 11.6 Å². The van der Waals surface area contributed by atoms with Gasteiger partial charge in [-0.15, -0.1) is 0 Å². The monoisotopic (exact) mass is 278 g/mol. The highest BCUT2D eigenvalue weighted by Gasteiger charge is 2.15. The molecule has 21 heavy (non-hydrogen) atoms. The Kier molecular flexibility index (Phi) is 3.82. The minimum atomic E-state index is -0.149. The Bertz CT molecular complexity index is 704. The summed E-state index contributed by atoms with van der Waals surface area (Å²) >= 11 is 0. The van der Waals surface area contributed by atoms with Crippen LogP contribution in [0.1, 0.15) is 39.9 Å². The van der Waals surface area contributed by atoms with Crippen LogP contribution in [0.3, 0.4) is 0 Å². The zero-order chi connectivity index (χ0) is 14.7. The number of aryl methyl sites for hydroxylation is 2. The number of benzene rings is 2. The summed E-state index contributed by atoms with van der Waals surface area (Å²) in [6.07, 6.45) is 3.07. The molecule has 106 valence electrons. The van der Waals surface area contributed by atoms with E-state index in [9.17, 15) is 4.79 Å². The van der Waals surface area contributed by atoms with E-state index in [2.05, 4.69) is 22.7 Å². The van der Waals surface area contributed by atoms with Crippen LogP contribution in [0.25, 0.3) is 0 Å². The first-order valence-electron chi connectivity index (χ1n) is 7.26. The van der Waals surface area contributed by atoms with Crippen molar-refractivity contribution in [1.82, 2.24) is 5.43 Å². The van der Waals surface area contributed by atoms with Crippen LogP contribution in [0.5, 0.6) is 0 Å². The van der Waals surface area contributed by atoms with Crippen LogP contribution in [0, 0.1) is 6.92 Å². The predicted octanol–water partition coefficient (Wildman–Crippen LogP) is 3.47. The quantitative estimate of drug-likeness (QED) is 0.840. The van der Waals surface area contributed by atoms with E-state index in [0.29, 0.717) is 5.56 Å². The number of hydrogen-bond acceptors (Lipinski definition) is 2. The Morgan fingerprint density at radius 3 is 2.67 bits per heavy atom. The summed E-state index contributed by atoms with van der Waals surface area (Å²) in [6, 6.07) is 15.8. The van der Waals surface area contributed by atoms with Gasteiger partial charge in [0.05, 0.1) is 5.71 Å². The SMILES string of the molecule is Cc1ccccc1C(=O)NN=C1CCCc2ccccc21. The third kappa shape index (κ3) is 2.87. The molecule has 0 fully saturated rings. The van der Waals surface area contributed by atoms with Crippen molar-refractivity contribution in [3.05, 3.63) is 70.8 Å². The van der Waals surface area contributed by atoms with Gasteiger partial charge in [0, 0.05) is 11.1 Å². The van der Waals surface area contributed by atoms with E-state index in [1.54, 1.807) is 0 Å². The van der Waals surface area contributed by atoms with Gasteiger partial charge in [0.25, 0.3) is 5.91 Å². The molecule has 0 aromatic heterocycles. The van der Waals surface area contributed by atoms with Gasteiger partial charge in [0.1, 0.15) is 0 Å². The van der Waals surface area contributed by atoms with Gasteiger partial charge in [-0.1, -0.05) is 42.5 Å². The molecular formula is C18H18N2O. The molecule has 2 aromatic rings. The number of carbonyl (C=O) groups excluding carboxylic acids is 1. The average Bonchev–Trinajstić information content (AvgIpc) is 2.53. The Morgan fingerprint density at radius 2 is 1.81 bits per heavy atom. The molecule has 0 radical (unpaired) electrons. The Labute approximate surface area is 124 Å². The largest absolute Gasteiger partial charge is 0.271 e. The van der Waals surface area contributed by atoms with Gasteiger partial charge in [-0.2, -0.15) is 5.10 Å². The molecule has 2 aromatic carbocycles. The molecule has 1 aliphatic rings. The van der Waals surface area contributed by atoms with Gasteiger partial charge < -0.3 is 0 Å². The van der Waals surface area contributed by atoms with Crippen LogP contribution in [0.2, 0.25) is 0 Å². The fraction of sp³-hybridized carbons (Fsp3) is 0.222. The molecule has 0 unspecified atom stereocenters. The lowest BCUT2D eigenvalue weighted by Crippen LogP contribution is -2.22. The second kappa shape index (κ2) is 5.92. The van der Waals surface area contributed by atoms with Crippen LogP contribution in [0.15, 0.2) is 53.6 Å². The van der Waals surface area contributed by atoms with E-state index < -0.39 is 0 Å². The van der Waals surface area contributed by atoms with Gasteiger partial charge in [0.2, 0.25) is 0 Å². The number of fused-ring (bicyclic) bond motifs is 1. The molecule has 0 saturated carbocycles. The minimum absolute atomic E-state index is 0.149. The predicted molar refractivity (Wildman–Crippen MR) is 84.6 cm³/mol. The number of rotatable bonds is 2. The molecule has 3 nitrogen and oxygen atoms in total. The highest BCUT2D eigenvalue weighted by molar-refractivity contribution is 6.04. The molecule has 3 heteroatoms. The van der Waals surface area contributed by atoms with Crippen LogP contribution in [0.4, 0.5) is 0 Å². The zero-order valence-electron chi connectivity index (χ0n) is 12.1. The molecule has 0 atom stereocenters. The standard InChI is InChI=1S/C18H18N2O/c1-13-7-2-4-10-15(13)18(21)20-19-17-12-6-9-14-8-3-5-11-16(14)17/h2-5,7-8,10-11H,6,9,12H2,1H3,(H,20,21). The normalized spacial score (nSPS) is 15.6. The van der Waals surface area contributed by atoms with Crippen molar-refractivity contribution in [2.24, 2.45) is 5.10 Å². The number of amides is 1. The van der Waals surface area contributed by atoms with Crippen molar-refractivity contribution in [2.75, 3.05) is 0 Å². The number of nitrogens with one attached hydrogen (secondary N) is 1. The van der Waals surface area contributed by atoms with E-state index in [1.165, 1.54) is 5.56 Å². The molecule has 1 amide bonds. The van der Waals surface area contributed by atoms with Crippen molar-refractivity contribution in [3.63, 3.8) is 0 Å². The van der Waals surface area contributed by atoms with E-state index in [1.807, 2.05) is 43.3 Å². The minimum Gasteiger partial charge on any atom is -0.267 e. The Morgan fingerprint density at radius 1 is 1.05 bits per heavy atom. The average molecular weight is 278 g/mol. The fourth-order valence-corrected chi connectivity index (χ4v) is 2.72. The van der Waals surface area contributed by atoms with Crippen molar-refractivity contribution in [1.29, 1.82) is 0 Å². The van der Waals surface area contributed by atoms with Crippen molar-refractivity contribution >= 4 is 11.6 Å². The lowest BCUT2D eigenvalue weighted by atomic mass is 9.90. The van der Waals surface area contributed by atoms with Gasteiger partial charge >= 0.3 is 0 Å². The van der Waals surface area contributed by atoms with Gasteiger partial charge in [-0.3, -0.25) is 4.79 Å². The summed E-state index contributed by atoms with van der Waals surface area (Å²) in [5, 5.41) is 4.36. The first-order valence-corrected chi connectivity index (χ1v) is 7.26. The van der Waals surface area contributed by atoms with Gasteiger partial charge in [0.15, 0.2) is 0 Å². The first-order chi connectivity index (χ1) is 10.3. The second-order valence-corrected chi connectivity index (χ2v) is 5.33. The summed E-state index contributed by atoms with van der Waals surface area (Å²) in [5.41, 5.74) is 7.77. The Hall–Kier alpha value is -2.42. The van der Waals surface area contributed by atoms with Crippen molar-refractivity contribution in [2.45, 2.75) is 26.2 Å². The van der Waals surface area contributed by atoms with Crippen LogP contribution >= 0.6 is 0 Å². The molecule has 1 aliphatic carbocycles. The van der Waals surface area contributed by atoms with Crippen LogP contribution in [-0.2, 0) is 6.42 Å². The number of nitrogens with zero attached hydrogens (tertiary/aromatic N) is 1. The first kappa shape index (κ1) is 13.6. The maximum absolute atomic E-state index is 12.2. The lowest BCUT2D eigenvalue weighted by Gasteiger charge is -2.17. The highest BCUT2D eigenvalue weighted by Crippen LogP contribution is 2.21. The molecule has 0 aliphatic heterocycles. The Balaban J connectivity index is 1.82. The number of carbonyl (C=O) groups is 1. The van der Waals surface area contributed by atoms with E-state index in [4.69, 9.17) is 0 Å². The molecule has 3 rings (SSSR count). The molecule has 0 spiro atoms. The molecule has 0 saturated heterocycles. The smallest absolute Gasteiger partial charge is 0.267 e. The van der Waals surface area contributed by atoms with E-state index >= 15 is 0 Å². The molecule has 0 heterocycles. The molecular weight excluding hydrogens is 260 g/mol. The van der Waals surface area contributed by atoms with Crippen molar-refractivity contribution in [3.8, 4) is 0 Å². The van der Waals surface area contributed by atoms with Gasteiger partial charge in [-0.05, 0) is 43.4 Å². The summed E-state index contributed by atoms with van der Waals surface area (Å²) in [7, 11) is 0. The topological polar surface area (TPSA) is 41.5 Å². The molecule has 1 N–H and O–H groups in total. The lowest BCUT2D eigenvalue weighted by molar-refractivity contribution is 0.0954. The van der Waals surface area contributed by atoms with E-state index in [-0.39, 0.29) is 5.91 Å². The maximum Gasteiger partial charge on any atom is 0.271 e. The summed E-state index contributed by atoms with van der Waals surface area (Å²) in [5.74, 6) is -0.149. The summed E-state index contributed by atoms with van der Waals surface area (Å²) in [4.78, 5) is 12.2. The van der Waals surface area contributed by atoms with Crippen molar-refractivity contribution < 1.29 is 4.79 Å². The summed E-state index contributed by atoms with van der Waals surface area (Å²) in [6.45, 7) is 1.93. The van der Waals surface area contributed by atoms with E-state index in [0.717, 1.165) is 36.1 Å². The third-order valence-corrected chi connectivity index (χ3v) is 3.87. The maximum atomic E-state index is 12.2. The summed E-state index contributed by atoms with van der Waals surface area (Å²) < 4.78 is 0. The fourth-order valence-electron chi connectivity index (χ4n) is 2.72.